The van der Waals surface area contributed by atoms with Gasteiger partial charge in [0.1, 0.15) is 17.2 Å². The van der Waals surface area contributed by atoms with Gasteiger partial charge in [-0.2, -0.15) is 0 Å². The first-order chi connectivity index (χ1) is 15.7. The number of carbonyl (C=O) groups excluding carboxylic acids is 3. The highest BCUT2D eigenvalue weighted by Gasteiger charge is 2.37. The molecule has 1 atom stereocenters. The Kier molecular flexibility index (Phi) is 7.34. The number of hydrogen-bond donors (Lipinski definition) is 1. The lowest BCUT2D eigenvalue weighted by Crippen LogP contribution is -2.28. The van der Waals surface area contributed by atoms with Crippen molar-refractivity contribution in [2.24, 2.45) is 5.92 Å². The van der Waals surface area contributed by atoms with Gasteiger partial charge in [-0.1, -0.05) is 11.6 Å². The van der Waals surface area contributed by atoms with Crippen molar-refractivity contribution in [3.63, 3.8) is 0 Å². The van der Waals surface area contributed by atoms with Crippen molar-refractivity contribution in [1.29, 1.82) is 0 Å². The molecule has 1 aliphatic rings. The molecule has 1 heterocycles. The number of carbonyl (C=O) groups is 3. The molecule has 0 aliphatic carbocycles. The number of methoxy groups -OCH3 is 2. The molecule has 0 aromatic heterocycles. The van der Waals surface area contributed by atoms with Crippen LogP contribution in [0.2, 0.25) is 5.02 Å². The summed E-state index contributed by atoms with van der Waals surface area (Å²) >= 11 is 6.02. The lowest BCUT2D eigenvalue weighted by molar-refractivity contribution is -0.383. The van der Waals surface area contributed by atoms with E-state index in [9.17, 15) is 24.5 Å². The lowest BCUT2D eigenvalue weighted by Gasteiger charge is -2.19. The molecule has 2 amide bonds. The van der Waals surface area contributed by atoms with Crippen LogP contribution in [-0.4, -0.2) is 50.1 Å². The number of halogens is 1. The Morgan fingerprint density at radius 2 is 1.97 bits per heavy atom. The minimum atomic E-state index is -0.805. The average molecular weight is 478 g/mol. The van der Waals surface area contributed by atoms with Gasteiger partial charge in [-0.05, 0) is 24.3 Å². The summed E-state index contributed by atoms with van der Waals surface area (Å²) in [6.07, 6.45) is -0.114. The maximum Gasteiger partial charge on any atom is 0.311 e. The molecule has 174 valence electrons. The van der Waals surface area contributed by atoms with Crippen LogP contribution < -0.4 is 19.7 Å². The fourth-order valence-corrected chi connectivity index (χ4v) is 3.48. The monoisotopic (exact) mass is 477 g/mol. The summed E-state index contributed by atoms with van der Waals surface area (Å²) in [5, 5.41) is 13.9. The first kappa shape index (κ1) is 23.8. The van der Waals surface area contributed by atoms with E-state index < -0.39 is 29.3 Å². The molecule has 2 aromatic rings. The highest BCUT2D eigenvalue weighted by atomic mass is 35.5. The third kappa shape index (κ3) is 5.50. The van der Waals surface area contributed by atoms with Crippen molar-refractivity contribution in [3.8, 4) is 11.5 Å². The zero-order chi connectivity index (χ0) is 24.1. The van der Waals surface area contributed by atoms with Crippen molar-refractivity contribution in [3.05, 3.63) is 51.5 Å². The Morgan fingerprint density at radius 3 is 2.64 bits per heavy atom. The van der Waals surface area contributed by atoms with Gasteiger partial charge in [-0.25, -0.2) is 0 Å². The summed E-state index contributed by atoms with van der Waals surface area (Å²) in [6.45, 7) is -0.657. The van der Waals surface area contributed by atoms with Gasteiger partial charge in [-0.3, -0.25) is 24.5 Å². The van der Waals surface area contributed by atoms with E-state index in [4.69, 9.17) is 25.8 Å². The number of esters is 1. The molecule has 11 nitrogen and oxygen atoms in total. The Labute approximate surface area is 193 Å². The highest BCUT2D eigenvalue weighted by molar-refractivity contribution is 6.31. The van der Waals surface area contributed by atoms with E-state index in [1.807, 2.05) is 0 Å². The van der Waals surface area contributed by atoms with Crippen LogP contribution >= 0.6 is 11.6 Å². The minimum absolute atomic E-state index is 0.0251. The number of nitro groups is 1. The summed E-state index contributed by atoms with van der Waals surface area (Å²) in [5.74, 6) is -1.94. The van der Waals surface area contributed by atoms with E-state index in [1.54, 1.807) is 18.2 Å². The van der Waals surface area contributed by atoms with Crippen LogP contribution in [0.5, 0.6) is 11.5 Å². The fraction of sp³-hybridized carbons (Fsp3) is 0.286. The number of nitro benzene ring substituents is 1. The van der Waals surface area contributed by atoms with Crippen LogP contribution in [0, 0.1) is 16.0 Å². The first-order valence-corrected chi connectivity index (χ1v) is 10.0. The Bertz CT molecular complexity index is 1110. The van der Waals surface area contributed by atoms with Gasteiger partial charge >= 0.3 is 5.97 Å². The number of nitrogens with one attached hydrogen (secondary N) is 1. The Morgan fingerprint density at radius 1 is 1.21 bits per heavy atom. The zero-order valence-electron chi connectivity index (χ0n) is 17.7. The second kappa shape index (κ2) is 10.2. The molecule has 0 radical (unpaired) electrons. The quantitative estimate of drug-likeness (QED) is 0.348. The highest BCUT2D eigenvalue weighted by Crippen LogP contribution is 2.35. The van der Waals surface area contributed by atoms with Crippen molar-refractivity contribution < 1.29 is 33.5 Å². The molecule has 0 unspecified atom stereocenters. The predicted octanol–water partition coefficient (Wildman–Crippen LogP) is 2.80. The summed E-state index contributed by atoms with van der Waals surface area (Å²) in [5.41, 5.74) is -0.0213. The van der Waals surface area contributed by atoms with E-state index in [0.29, 0.717) is 22.2 Å². The standard InChI is InChI=1S/C21H20ClN3O8/c1-31-14-4-5-16(25(29)30)15(9-14)23-19(26)11-33-21(28)12-7-20(27)24(10-12)17-8-13(22)3-6-18(17)32-2/h3-6,8-9,12H,7,10-11H2,1-2H3,(H,23,26)/t12-/m0/s1. The van der Waals surface area contributed by atoms with Crippen molar-refractivity contribution in [1.82, 2.24) is 0 Å². The van der Waals surface area contributed by atoms with E-state index in [2.05, 4.69) is 5.32 Å². The summed E-state index contributed by atoms with van der Waals surface area (Å²) in [6, 6.07) is 8.62. The molecule has 1 N–H and O–H groups in total. The molecule has 0 spiro atoms. The van der Waals surface area contributed by atoms with Gasteiger partial charge in [0.2, 0.25) is 5.91 Å². The summed E-state index contributed by atoms with van der Waals surface area (Å²) in [4.78, 5) is 49.0. The van der Waals surface area contributed by atoms with Crippen LogP contribution in [0.25, 0.3) is 0 Å². The van der Waals surface area contributed by atoms with E-state index in [1.165, 1.54) is 37.3 Å². The Hall–Kier alpha value is -3.86. The molecule has 2 aromatic carbocycles. The third-order valence-corrected chi connectivity index (χ3v) is 5.15. The summed E-state index contributed by atoms with van der Waals surface area (Å²) < 4.78 is 15.3. The number of nitrogens with zero attached hydrogens (tertiary/aromatic N) is 2. The maximum absolute atomic E-state index is 12.5. The van der Waals surface area contributed by atoms with Gasteiger partial charge in [0.15, 0.2) is 6.61 Å². The van der Waals surface area contributed by atoms with Crippen LogP contribution in [-0.2, 0) is 19.1 Å². The SMILES string of the molecule is COc1ccc([N+](=O)[O-])c(NC(=O)COC(=O)[C@H]2CC(=O)N(c3cc(Cl)ccc3OC)C2)c1. The van der Waals surface area contributed by atoms with Crippen molar-refractivity contribution >= 4 is 46.4 Å². The second-order valence-electron chi connectivity index (χ2n) is 7.02. The molecule has 0 saturated carbocycles. The lowest BCUT2D eigenvalue weighted by atomic mass is 10.1. The third-order valence-electron chi connectivity index (χ3n) is 4.91. The van der Waals surface area contributed by atoms with Gasteiger partial charge in [0, 0.05) is 30.1 Å². The average Bonchev–Trinajstić information content (AvgIpc) is 3.18. The molecule has 33 heavy (non-hydrogen) atoms. The fourth-order valence-electron chi connectivity index (χ4n) is 3.31. The molecular weight excluding hydrogens is 458 g/mol. The van der Waals surface area contributed by atoms with Gasteiger partial charge < -0.3 is 24.4 Å². The predicted molar refractivity (Wildman–Crippen MR) is 118 cm³/mol. The Balaban J connectivity index is 1.62. The number of benzene rings is 2. The van der Waals surface area contributed by atoms with Gasteiger partial charge in [-0.15, -0.1) is 0 Å². The van der Waals surface area contributed by atoms with Gasteiger partial charge in [0.05, 0.1) is 30.7 Å². The molecule has 1 aliphatic heterocycles. The number of hydrogen-bond acceptors (Lipinski definition) is 8. The normalized spacial score (nSPS) is 15.2. The topological polar surface area (TPSA) is 137 Å². The van der Waals surface area contributed by atoms with Crippen LogP contribution in [0.15, 0.2) is 36.4 Å². The van der Waals surface area contributed by atoms with E-state index >= 15 is 0 Å². The zero-order valence-corrected chi connectivity index (χ0v) is 18.5. The second-order valence-corrected chi connectivity index (χ2v) is 7.45. The smallest absolute Gasteiger partial charge is 0.311 e. The largest absolute Gasteiger partial charge is 0.497 e. The first-order valence-electron chi connectivity index (χ1n) is 9.66. The summed E-state index contributed by atoms with van der Waals surface area (Å²) in [7, 11) is 2.82. The van der Waals surface area contributed by atoms with Gasteiger partial charge in [0.25, 0.3) is 11.6 Å². The van der Waals surface area contributed by atoms with Crippen LogP contribution in [0.1, 0.15) is 6.42 Å². The number of anilines is 2. The molecular formula is C21H20ClN3O8. The molecule has 0 bridgehead atoms. The molecule has 12 heteroatoms. The molecule has 1 fully saturated rings. The van der Waals surface area contributed by atoms with E-state index in [0.717, 1.165) is 0 Å². The molecule has 1 saturated heterocycles. The molecule has 3 rings (SSSR count). The van der Waals surface area contributed by atoms with E-state index in [-0.39, 0.29) is 30.2 Å². The van der Waals surface area contributed by atoms with Crippen molar-refractivity contribution in [2.75, 3.05) is 37.6 Å². The number of ether oxygens (including phenoxy) is 3. The maximum atomic E-state index is 12.5. The van der Waals surface area contributed by atoms with Crippen LogP contribution in [0.3, 0.4) is 0 Å². The number of amides is 2. The number of rotatable bonds is 8. The minimum Gasteiger partial charge on any atom is -0.497 e. The van der Waals surface area contributed by atoms with Crippen LogP contribution in [0.4, 0.5) is 17.1 Å². The van der Waals surface area contributed by atoms with Crippen molar-refractivity contribution in [2.45, 2.75) is 6.42 Å².